The number of H-pyrrole nitrogens is 1. The van der Waals surface area contributed by atoms with E-state index < -0.39 is 0 Å². The first-order valence-corrected chi connectivity index (χ1v) is 10.8. The summed E-state index contributed by atoms with van der Waals surface area (Å²) < 4.78 is 8.95. The van der Waals surface area contributed by atoms with E-state index in [4.69, 9.17) is 9.72 Å². The van der Waals surface area contributed by atoms with E-state index in [1.54, 1.807) is 16.7 Å². The maximum Gasteiger partial charge on any atom is 0.337 e. The Hall–Kier alpha value is -3.35. The van der Waals surface area contributed by atoms with Gasteiger partial charge in [0.05, 0.1) is 34.7 Å². The summed E-state index contributed by atoms with van der Waals surface area (Å²) in [6, 6.07) is 12.0. The number of esters is 1. The van der Waals surface area contributed by atoms with Crippen LogP contribution in [-0.4, -0.2) is 32.2 Å². The average Bonchev–Trinajstić information content (AvgIpc) is 3.47. The van der Waals surface area contributed by atoms with E-state index in [1.807, 2.05) is 38.1 Å². The zero-order valence-corrected chi connectivity index (χ0v) is 18.0. The number of benzene rings is 2. The summed E-state index contributed by atoms with van der Waals surface area (Å²) in [6.45, 7) is 4.00. The fourth-order valence-electron chi connectivity index (χ4n) is 4.86. The number of hydrogen-bond acceptors (Lipinski definition) is 4. The van der Waals surface area contributed by atoms with E-state index in [-0.39, 0.29) is 17.7 Å². The fraction of sp³-hybridized carbons (Fsp3) is 0.375. The average molecular weight is 418 g/mol. The van der Waals surface area contributed by atoms with Gasteiger partial charge in [-0.1, -0.05) is 12.8 Å². The Labute approximate surface area is 179 Å². The number of imidazole rings is 2. The molecule has 2 aromatic carbocycles. The first-order valence-electron chi connectivity index (χ1n) is 10.8. The third kappa shape index (κ3) is 3.15. The smallest absolute Gasteiger partial charge is 0.337 e. The second-order valence-corrected chi connectivity index (χ2v) is 8.56. The van der Waals surface area contributed by atoms with Crippen LogP contribution < -0.4 is 5.69 Å². The topological polar surface area (TPSA) is 81.9 Å². The monoisotopic (exact) mass is 418 g/mol. The second-order valence-electron chi connectivity index (χ2n) is 8.56. The molecule has 0 bridgehead atoms. The van der Waals surface area contributed by atoms with Crippen molar-refractivity contribution in [3.63, 3.8) is 0 Å². The van der Waals surface area contributed by atoms with Crippen LogP contribution in [-0.2, 0) is 4.74 Å². The van der Waals surface area contributed by atoms with Crippen molar-refractivity contribution in [2.24, 2.45) is 0 Å². The Bertz CT molecular complexity index is 1350. The van der Waals surface area contributed by atoms with Gasteiger partial charge in [0.25, 0.3) is 0 Å². The van der Waals surface area contributed by atoms with E-state index in [0.29, 0.717) is 11.6 Å². The number of carbonyl (C=O) groups excluding carboxylic acids is 1. The van der Waals surface area contributed by atoms with E-state index in [9.17, 15) is 9.59 Å². The van der Waals surface area contributed by atoms with Crippen LogP contribution in [0.2, 0.25) is 0 Å². The third-order valence-corrected chi connectivity index (χ3v) is 6.29. The number of fused-ring (bicyclic) bond motifs is 2. The maximum atomic E-state index is 12.4. The van der Waals surface area contributed by atoms with Crippen molar-refractivity contribution < 1.29 is 9.53 Å². The minimum absolute atomic E-state index is 0.0758. The normalized spacial score (nSPS) is 14.8. The number of ether oxygens (including phenoxy) is 1. The molecule has 0 atom stereocenters. The molecule has 7 nitrogen and oxygen atoms in total. The Kier molecular flexibility index (Phi) is 4.68. The SMILES string of the molecule is COC(=O)c1ccc2c(c1)nc(-c1ccc3c(c1)[nH]c(=O)n3C(C)C)n2C1CCCC1. The predicted molar refractivity (Wildman–Crippen MR) is 121 cm³/mol. The van der Waals surface area contributed by atoms with Gasteiger partial charge < -0.3 is 14.3 Å². The minimum atomic E-state index is -0.368. The van der Waals surface area contributed by atoms with Crippen molar-refractivity contribution in [1.29, 1.82) is 0 Å². The molecule has 7 heteroatoms. The molecule has 2 heterocycles. The van der Waals surface area contributed by atoms with Crippen LogP contribution in [0.5, 0.6) is 0 Å². The summed E-state index contributed by atoms with van der Waals surface area (Å²) in [5.41, 5.74) is 4.82. The molecule has 0 spiro atoms. The number of methoxy groups -OCH3 is 1. The highest BCUT2D eigenvalue weighted by atomic mass is 16.5. The summed E-state index contributed by atoms with van der Waals surface area (Å²) in [5.74, 6) is 0.497. The highest BCUT2D eigenvalue weighted by Crippen LogP contribution is 2.37. The molecule has 0 saturated heterocycles. The van der Waals surface area contributed by atoms with E-state index in [0.717, 1.165) is 46.3 Å². The Balaban J connectivity index is 1.72. The minimum Gasteiger partial charge on any atom is -0.465 e. The van der Waals surface area contributed by atoms with Gasteiger partial charge in [-0.3, -0.25) is 4.57 Å². The number of nitrogens with zero attached hydrogens (tertiary/aromatic N) is 3. The Morgan fingerprint density at radius 1 is 1.13 bits per heavy atom. The number of hydrogen-bond donors (Lipinski definition) is 1. The lowest BCUT2D eigenvalue weighted by molar-refractivity contribution is 0.0601. The zero-order valence-electron chi connectivity index (χ0n) is 18.0. The maximum absolute atomic E-state index is 12.4. The third-order valence-electron chi connectivity index (χ3n) is 6.29. The van der Waals surface area contributed by atoms with E-state index >= 15 is 0 Å². The largest absolute Gasteiger partial charge is 0.465 e. The van der Waals surface area contributed by atoms with Crippen LogP contribution in [0.1, 0.15) is 62.0 Å². The number of nitrogens with one attached hydrogen (secondary N) is 1. The van der Waals surface area contributed by atoms with Crippen LogP contribution in [0, 0.1) is 0 Å². The van der Waals surface area contributed by atoms with E-state index in [2.05, 4.69) is 9.55 Å². The van der Waals surface area contributed by atoms with Crippen molar-refractivity contribution in [3.8, 4) is 11.4 Å². The molecule has 0 radical (unpaired) electrons. The lowest BCUT2D eigenvalue weighted by atomic mass is 10.1. The number of rotatable bonds is 4. The summed E-state index contributed by atoms with van der Waals surface area (Å²) in [7, 11) is 1.38. The van der Waals surface area contributed by atoms with Crippen molar-refractivity contribution in [1.82, 2.24) is 19.1 Å². The van der Waals surface area contributed by atoms with Gasteiger partial charge in [0.2, 0.25) is 0 Å². The summed E-state index contributed by atoms with van der Waals surface area (Å²) >= 11 is 0. The molecule has 31 heavy (non-hydrogen) atoms. The summed E-state index contributed by atoms with van der Waals surface area (Å²) in [6.07, 6.45) is 4.63. The van der Waals surface area contributed by atoms with Crippen LogP contribution in [0.25, 0.3) is 33.5 Å². The highest BCUT2D eigenvalue weighted by Gasteiger charge is 2.24. The molecule has 1 fully saturated rings. The van der Waals surface area contributed by atoms with Gasteiger partial charge in [-0.25, -0.2) is 14.6 Å². The zero-order chi connectivity index (χ0) is 21.7. The van der Waals surface area contributed by atoms with Gasteiger partial charge in [-0.2, -0.15) is 0 Å². The Morgan fingerprint density at radius 3 is 2.58 bits per heavy atom. The van der Waals surface area contributed by atoms with Gasteiger partial charge in [-0.05, 0) is 63.1 Å². The lowest BCUT2D eigenvalue weighted by Crippen LogP contribution is -2.18. The van der Waals surface area contributed by atoms with Crippen LogP contribution in [0.3, 0.4) is 0 Å². The van der Waals surface area contributed by atoms with Crippen LogP contribution >= 0.6 is 0 Å². The van der Waals surface area contributed by atoms with Gasteiger partial charge in [0.1, 0.15) is 5.82 Å². The van der Waals surface area contributed by atoms with Crippen LogP contribution in [0.4, 0.5) is 0 Å². The molecule has 1 aliphatic carbocycles. The van der Waals surface area contributed by atoms with Crippen molar-refractivity contribution in [2.75, 3.05) is 7.11 Å². The predicted octanol–water partition coefficient (Wildman–Crippen LogP) is 4.83. The molecule has 0 amide bonds. The van der Waals surface area contributed by atoms with Gasteiger partial charge in [-0.15, -0.1) is 0 Å². The standard InChI is InChI=1S/C24H26N4O3/c1-14(2)27-20-10-8-15(12-19(20)26-24(27)30)22-25-18-13-16(23(29)31-3)9-11-21(18)28(22)17-6-4-5-7-17/h8-14,17H,4-7H2,1-3H3,(H,26,30). The summed E-state index contributed by atoms with van der Waals surface area (Å²) in [4.78, 5) is 32.3. The summed E-state index contributed by atoms with van der Waals surface area (Å²) in [5, 5.41) is 0. The number of aromatic amines is 1. The first-order chi connectivity index (χ1) is 15.0. The molecule has 0 unspecified atom stereocenters. The molecule has 2 aromatic heterocycles. The molecule has 4 aromatic rings. The van der Waals surface area contributed by atoms with Crippen molar-refractivity contribution >= 4 is 28.0 Å². The van der Waals surface area contributed by atoms with Gasteiger partial charge in [0.15, 0.2) is 0 Å². The van der Waals surface area contributed by atoms with Gasteiger partial charge >= 0.3 is 11.7 Å². The second kappa shape index (κ2) is 7.41. The highest BCUT2D eigenvalue weighted by molar-refractivity contribution is 5.94. The first kappa shape index (κ1) is 19.6. The quantitative estimate of drug-likeness (QED) is 0.481. The number of carbonyl (C=O) groups is 1. The van der Waals surface area contributed by atoms with Crippen LogP contribution in [0.15, 0.2) is 41.2 Å². The molecule has 1 aliphatic rings. The number of aromatic nitrogens is 4. The Morgan fingerprint density at radius 2 is 1.87 bits per heavy atom. The molecule has 160 valence electrons. The molecular formula is C24H26N4O3. The molecular weight excluding hydrogens is 392 g/mol. The van der Waals surface area contributed by atoms with Crippen molar-refractivity contribution in [2.45, 2.75) is 51.6 Å². The van der Waals surface area contributed by atoms with Gasteiger partial charge in [0, 0.05) is 17.6 Å². The lowest BCUT2D eigenvalue weighted by Gasteiger charge is -2.17. The molecule has 1 saturated carbocycles. The fourth-order valence-corrected chi connectivity index (χ4v) is 4.86. The van der Waals surface area contributed by atoms with E-state index in [1.165, 1.54) is 20.0 Å². The van der Waals surface area contributed by atoms with Crippen molar-refractivity contribution in [3.05, 3.63) is 52.4 Å². The molecule has 1 N–H and O–H groups in total. The molecule has 0 aliphatic heterocycles. The molecule has 5 rings (SSSR count).